The fourth-order valence-corrected chi connectivity index (χ4v) is 1.87. The van der Waals surface area contributed by atoms with Gasteiger partial charge in [-0.15, -0.1) is 0 Å². The lowest BCUT2D eigenvalue weighted by atomic mass is 10.1. The smallest absolute Gasteiger partial charge is 0.356 e. The second-order valence-corrected chi connectivity index (χ2v) is 4.62. The molecule has 1 unspecified atom stereocenters. The average Bonchev–Trinajstić information content (AvgIpc) is 3.19. The van der Waals surface area contributed by atoms with Crippen molar-refractivity contribution in [1.82, 2.24) is 4.98 Å². The number of methoxy groups -OCH3 is 1. The highest BCUT2D eigenvalue weighted by atomic mass is 16.5. The van der Waals surface area contributed by atoms with Crippen molar-refractivity contribution >= 4 is 11.7 Å². The number of rotatable bonds is 5. The van der Waals surface area contributed by atoms with Crippen molar-refractivity contribution in [3.05, 3.63) is 24.0 Å². The van der Waals surface area contributed by atoms with Gasteiger partial charge in [0.2, 0.25) is 0 Å². The molecule has 1 aliphatic carbocycles. The van der Waals surface area contributed by atoms with Gasteiger partial charge in [-0.2, -0.15) is 0 Å². The topological polar surface area (TPSA) is 51.2 Å². The van der Waals surface area contributed by atoms with E-state index >= 15 is 0 Å². The molecule has 1 fully saturated rings. The first-order valence-corrected chi connectivity index (χ1v) is 5.99. The predicted octanol–water partition coefficient (Wildman–Crippen LogP) is 2.33. The summed E-state index contributed by atoms with van der Waals surface area (Å²) in [5, 5.41) is 3.34. The summed E-state index contributed by atoms with van der Waals surface area (Å²) in [4.78, 5) is 15.3. The standard InChI is InChI=1S/C13H18N2O2/c1-9(10-3-4-10)8-15-11-5-6-14-12(7-11)13(16)17-2/h5-7,9-10H,3-4,8H2,1-2H3,(H,14,15). The number of nitrogens with zero attached hydrogens (tertiary/aromatic N) is 1. The number of anilines is 1. The lowest BCUT2D eigenvalue weighted by Gasteiger charge is -2.12. The molecule has 0 spiro atoms. The van der Waals surface area contributed by atoms with Crippen LogP contribution in [0.15, 0.2) is 18.3 Å². The number of aromatic nitrogens is 1. The van der Waals surface area contributed by atoms with E-state index in [0.717, 1.165) is 18.2 Å². The summed E-state index contributed by atoms with van der Waals surface area (Å²) in [5.41, 5.74) is 1.27. The Morgan fingerprint density at radius 2 is 2.41 bits per heavy atom. The molecule has 4 heteroatoms. The van der Waals surface area contributed by atoms with E-state index in [1.807, 2.05) is 6.07 Å². The van der Waals surface area contributed by atoms with Crippen molar-refractivity contribution in [2.75, 3.05) is 19.0 Å². The second-order valence-electron chi connectivity index (χ2n) is 4.62. The highest BCUT2D eigenvalue weighted by Gasteiger charge is 2.27. The molecule has 4 nitrogen and oxygen atoms in total. The second kappa shape index (κ2) is 5.17. The van der Waals surface area contributed by atoms with Crippen LogP contribution in [0, 0.1) is 11.8 Å². The molecule has 1 N–H and O–H groups in total. The quantitative estimate of drug-likeness (QED) is 0.794. The van der Waals surface area contributed by atoms with Crippen LogP contribution in [0.2, 0.25) is 0 Å². The third-order valence-corrected chi connectivity index (χ3v) is 3.21. The molecule has 0 bridgehead atoms. The molecule has 1 aromatic heterocycles. The lowest BCUT2D eigenvalue weighted by molar-refractivity contribution is 0.0594. The van der Waals surface area contributed by atoms with Crippen LogP contribution in [0.25, 0.3) is 0 Å². The summed E-state index contributed by atoms with van der Waals surface area (Å²) in [6.07, 6.45) is 4.33. The van der Waals surface area contributed by atoms with E-state index in [1.54, 1.807) is 12.3 Å². The summed E-state index contributed by atoms with van der Waals surface area (Å²) < 4.78 is 4.64. The van der Waals surface area contributed by atoms with E-state index in [-0.39, 0.29) is 0 Å². The van der Waals surface area contributed by atoms with Gasteiger partial charge in [0.15, 0.2) is 0 Å². The molecule has 0 aliphatic heterocycles. The molecule has 17 heavy (non-hydrogen) atoms. The number of hydrogen-bond donors (Lipinski definition) is 1. The van der Waals surface area contributed by atoms with Crippen LogP contribution in [0.1, 0.15) is 30.3 Å². The van der Waals surface area contributed by atoms with Gasteiger partial charge in [-0.3, -0.25) is 0 Å². The Kier molecular flexibility index (Phi) is 3.61. The summed E-state index contributed by atoms with van der Waals surface area (Å²) >= 11 is 0. The molecule has 0 saturated heterocycles. The fraction of sp³-hybridized carbons (Fsp3) is 0.538. The van der Waals surface area contributed by atoms with E-state index in [2.05, 4.69) is 22.0 Å². The molecular formula is C13H18N2O2. The minimum Gasteiger partial charge on any atom is -0.464 e. The van der Waals surface area contributed by atoms with Crippen LogP contribution >= 0.6 is 0 Å². The third kappa shape index (κ3) is 3.19. The molecular weight excluding hydrogens is 216 g/mol. The normalized spacial score (nSPS) is 16.4. The third-order valence-electron chi connectivity index (χ3n) is 3.21. The van der Waals surface area contributed by atoms with Gasteiger partial charge in [0.25, 0.3) is 0 Å². The number of pyridine rings is 1. The zero-order valence-corrected chi connectivity index (χ0v) is 10.3. The van der Waals surface area contributed by atoms with Gasteiger partial charge in [0.05, 0.1) is 7.11 Å². The van der Waals surface area contributed by atoms with Gasteiger partial charge in [-0.25, -0.2) is 9.78 Å². The summed E-state index contributed by atoms with van der Waals surface area (Å²) in [6, 6.07) is 3.59. The van der Waals surface area contributed by atoms with Gasteiger partial charge in [-0.1, -0.05) is 6.92 Å². The molecule has 1 saturated carbocycles. The van der Waals surface area contributed by atoms with E-state index < -0.39 is 5.97 Å². The number of hydrogen-bond acceptors (Lipinski definition) is 4. The minimum atomic E-state index is -0.399. The minimum absolute atomic E-state index is 0.344. The monoisotopic (exact) mass is 234 g/mol. The largest absolute Gasteiger partial charge is 0.464 e. The molecule has 0 aromatic carbocycles. The summed E-state index contributed by atoms with van der Waals surface area (Å²) in [6.45, 7) is 3.20. The molecule has 1 heterocycles. The van der Waals surface area contributed by atoms with E-state index in [0.29, 0.717) is 11.6 Å². The molecule has 0 radical (unpaired) electrons. The number of carbonyl (C=O) groups excluding carboxylic acids is 1. The maximum Gasteiger partial charge on any atom is 0.356 e. The zero-order chi connectivity index (χ0) is 12.3. The highest BCUT2D eigenvalue weighted by Crippen LogP contribution is 2.36. The number of ether oxygens (including phenoxy) is 1. The lowest BCUT2D eigenvalue weighted by Crippen LogP contribution is -2.13. The predicted molar refractivity (Wildman–Crippen MR) is 66.0 cm³/mol. The molecule has 0 amide bonds. The Labute approximate surface area is 101 Å². The first-order chi connectivity index (χ1) is 8.20. The molecule has 1 atom stereocenters. The summed E-state index contributed by atoms with van der Waals surface area (Å²) in [5.74, 6) is 1.16. The van der Waals surface area contributed by atoms with Gasteiger partial charge in [-0.05, 0) is 36.8 Å². The molecule has 92 valence electrons. The maximum absolute atomic E-state index is 11.3. The fourth-order valence-electron chi connectivity index (χ4n) is 1.87. The summed E-state index contributed by atoms with van der Waals surface area (Å²) in [7, 11) is 1.36. The van der Waals surface area contributed by atoms with Crippen LogP contribution in [0.5, 0.6) is 0 Å². The highest BCUT2D eigenvalue weighted by molar-refractivity contribution is 5.88. The Morgan fingerprint density at radius 3 is 3.06 bits per heavy atom. The first-order valence-electron chi connectivity index (χ1n) is 5.99. The molecule has 1 aliphatic rings. The van der Waals surface area contributed by atoms with Gasteiger partial charge in [0, 0.05) is 18.4 Å². The number of nitrogens with one attached hydrogen (secondary N) is 1. The Morgan fingerprint density at radius 1 is 1.65 bits per heavy atom. The number of carbonyl (C=O) groups is 1. The average molecular weight is 234 g/mol. The van der Waals surface area contributed by atoms with Crippen molar-refractivity contribution in [3.8, 4) is 0 Å². The van der Waals surface area contributed by atoms with Gasteiger partial charge in [0.1, 0.15) is 5.69 Å². The Balaban J connectivity index is 1.93. The van der Waals surface area contributed by atoms with Crippen LogP contribution in [-0.4, -0.2) is 24.6 Å². The van der Waals surface area contributed by atoms with Gasteiger partial charge < -0.3 is 10.1 Å². The van der Waals surface area contributed by atoms with E-state index in [1.165, 1.54) is 20.0 Å². The van der Waals surface area contributed by atoms with Crippen LogP contribution in [-0.2, 0) is 4.74 Å². The maximum atomic E-state index is 11.3. The van der Waals surface area contributed by atoms with Crippen LogP contribution in [0.4, 0.5) is 5.69 Å². The Bertz CT molecular complexity index is 402. The van der Waals surface area contributed by atoms with Crippen molar-refractivity contribution in [3.63, 3.8) is 0 Å². The van der Waals surface area contributed by atoms with Crippen LogP contribution < -0.4 is 5.32 Å². The molecule has 2 rings (SSSR count). The van der Waals surface area contributed by atoms with E-state index in [4.69, 9.17) is 0 Å². The molecule has 1 aromatic rings. The number of esters is 1. The Hall–Kier alpha value is -1.58. The zero-order valence-electron chi connectivity index (χ0n) is 10.3. The first kappa shape index (κ1) is 11.9. The van der Waals surface area contributed by atoms with Crippen molar-refractivity contribution in [2.45, 2.75) is 19.8 Å². The van der Waals surface area contributed by atoms with E-state index in [9.17, 15) is 4.79 Å². The SMILES string of the molecule is COC(=O)c1cc(NCC(C)C2CC2)ccn1. The van der Waals surface area contributed by atoms with Crippen LogP contribution in [0.3, 0.4) is 0 Å². The van der Waals surface area contributed by atoms with Crippen molar-refractivity contribution in [2.24, 2.45) is 11.8 Å². The van der Waals surface area contributed by atoms with Gasteiger partial charge >= 0.3 is 5.97 Å². The van der Waals surface area contributed by atoms with Crippen molar-refractivity contribution < 1.29 is 9.53 Å². The van der Waals surface area contributed by atoms with Crippen molar-refractivity contribution in [1.29, 1.82) is 0 Å².